The molecule has 0 saturated heterocycles. The fourth-order valence-electron chi connectivity index (χ4n) is 1.36. The van der Waals surface area contributed by atoms with Gasteiger partial charge in [0.25, 0.3) is 0 Å². The highest BCUT2D eigenvalue weighted by Crippen LogP contribution is 2.14. The Morgan fingerprint density at radius 1 is 1.21 bits per heavy atom. The lowest BCUT2D eigenvalue weighted by molar-refractivity contribution is 0.694. The zero-order chi connectivity index (χ0) is 10.4. The van der Waals surface area contributed by atoms with Crippen LogP contribution in [0.2, 0.25) is 0 Å². The molecule has 2 heteroatoms. The van der Waals surface area contributed by atoms with Gasteiger partial charge in [-0.25, -0.2) is 0 Å². The van der Waals surface area contributed by atoms with Crippen LogP contribution in [-0.4, -0.2) is 13.1 Å². The molecule has 14 heavy (non-hydrogen) atoms. The highest BCUT2D eigenvalue weighted by atomic mass is 14.9. The number of nitrogens with two attached hydrogens (primary N) is 1. The largest absolute Gasteiger partial charge is 0.329 e. The fourth-order valence-corrected chi connectivity index (χ4v) is 1.36. The van der Waals surface area contributed by atoms with Crippen LogP contribution in [0.15, 0.2) is 24.3 Å². The third-order valence-corrected chi connectivity index (χ3v) is 2.30. The second kappa shape index (κ2) is 5.78. The Hall–Kier alpha value is -0.860. The van der Waals surface area contributed by atoms with E-state index < -0.39 is 0 Å². The Balaban J connectivity index is 2.47. The minimum atomic E-state index is 0.612. The normalized spacial score (nSPS) is 10.9. The van der Waals surface area contributed by atoms with E-state index in [0.29, 0.717) is 12.5 Å². The molecule has 0 saturated carbocycles. The number of hydrogen-bond donors (Lipinski definition) is 2. The van der Waals surface area contributed by atoms with Crippen molar-refractivity contribution in [2.75, 3.05) is 13.1 Å². The standard InChI is InChI=1S/C12H20N2/c1-10(2)12-5-3-11(4-6-12)9-14-8-7-13/h3-6,10,14H,7-9,13H2,1-2H3. The Kier molecular flexibility index (Phi) is 4.63. The van der Waals surface area contributed by atoms with E-state index in [1.807, 2.05) is 0 Å². The van der Waals surface area contributed by atoms with E-state index in [4.69, 9.17) is 5.73 Å². The molecule has 0 aliphatic carbocycles. The third kappa shape index (κ3) is 3.48. The zero-order valence-electron chi connectivity index (χ0n) is 9.09. The molecule has 0 atom stereocenters. The molecule has 0 amide bonds. The van der Waals surface area contributed by atoms with Crippen molar-refractivity contribution in [1.82, 2.24) is 5.32 Å². The van der Waals surface area contributed by atoms with Crippen molar-refractivity contribution in [2.24, 2.45) is 5.73 Å². The van der Waals surface area contributed by atoms with E-state index in [1.54, 1.807) is 0 Å². The summed E-state index contributed by atoms with van der Waals surface area (Å²) in [4.78, 5) is 0. The molecular formula is C12H20N2. The van der Waals surface area contributed by atoms with E-state index in [0.717, 1.165) is 13.1 Å². The molecule has 0 bridgehead atoms. The van der Waals surface area contributed by atoms with Gasteiger partial charge in [0.2, 0.25) is 0 Å². The molecular weight excluding hydrogens is 172 g/mol. The summed E-state index contributed by atoms with van der Waals surface area (Å²) >= 11 is 0. The molecule has 2 nitrogen and oxygen atoms in total. The first kappa shape index (κ1) is 11.2. The topological polar surface area (TPSA) is 38.0 Å². The van der Waals surface area contributed by atoms with Crippen LogP contribution in [0, 0.1) is 0 Å². The lowest BCUT2D eigenvalue weighted by Gasteiger charge is -2.07. The lowest BCUT2D eigenvalue weighted by Crippen LogP contribution is -2.21. The number of hydrogen-bond acceptors (Lipinski definition) is 2. The fraction of sp³-hybridized carbons (Fsp3) is 0.500. The van der Waals surface area contributed by atoms with Crippen LogP contribution in [0.1, 0.15) is 30.9 Å². The Morgan fingerprint density at radius 2 is 1.86 bits per heavy atom. The zero-order valence-corrected chi connectivity index (χ0v) is 9.09. The van der Waals surface area contributed by atoms with Gasteiger partial charge in [-0.2, -0.15) is 0 Å². The maximum absolute atomic E-state index is 5.39. The SMILES string of the molecule is CC(C)c1ccc(CNCCN)cc1. The quantitative estimate of drug-likeness (QED) is 0.699. The predicted octanol–water partition coefficient (Wildman–Crippen LogP) is 1.86. The van der Waals surface area contributed by atoms with Gasteiger partial charge in [0.05, 0.1) is 0 Å². The second-order valence-corrected chi connectivity index (χ2v) is 3.86. The maximum Gasteiger partial charge on any atom is 0.0206 e. The average molecular weight is 192 g/mol. The molecule has 1 aromatic carbocycles. The first-order chi connectivity index (χ1) is 6.74. The van der Waals surface area contributed by atoms with Crippen LogP contribution in [-0.2, 0) is 6.54 Å². The van der Waals surface area contributed by atoms with Crippen molar-refractivity contribution in [3.05, 3.63) is 35.4 Å². The minimum absolute atomic E-state index is 0.612. The van der Waals surface area contributed by atoms with Gasteiger partial charge in [0, 0.05) is 19.6 Å². The predicted molar refractivity (Wildman–Crippen MR) is 61.3 cm³/mol. The van der Waals surface area contributed by atoms with Crippen LogP contribution in [0.3, 0.4) is 0 Å². The first-order valence-electron chi connectivity index (χ1n) is 5.23. The van der Waals surface area contributed by atoms with E-state index in [9.17, 15) is 0 Å². The van der Waals surface area contributed by atoms with E-state index in [2.05, 4.69) is 43.4 Å². The molecule has 0 heterocycles. The van der Waals surface area contributed by atoms with E-state index in [1.165, 1.54) is 11.1 Å². The molecule has 1 aromatic rings. The second-order valence-electron chi connectivity index (χ2n) is 3.86. The van der Waals surface area contributed by atoms with Gasteiger partial charge in [-0.05, 0) is 17.0 Å². The van der Waals surface area contributed by atoms with Gasteiger partial charge in [0.1, 0.15) is 0 Å². The molecule has 0 fully saturated rings. The molecule has 78 valence electrons. The van der Waals surface area contributed by atoms with Crippen LogP contribution < -0.4 is 11.1 Å². The van der Waals surface area contributed by atoms with Crippen molar-refractivity contribution >= 4 is 0 Å². The summed E-state index contributed by atoms with van der Waals surface area (Å²) in [7, 11) is 0. The van der Waals surface area contributed by atoms with Gasteiger partial charge < -0.3 is 11.1 Å². The summed E-state index contributed by atoms with van der Waals surface area (Å²) in [6.07, 6.45) is 0. The smallest absolute Gasteiger partial charge is 0.0206 e. The number of benzene rings is 1. The number of rotatable bonds is 5. The highest BCUT2D eigenvalue weighted by molar-refractivity contribution is 5.24. The summed E-state index contributed by atoms with van der Waals surface area (Å²) < 4.78 is 0. The van der Waals surface area contributed by atoms with Crippen LogP contribution in [0.5, 0.6) is 0 Å². The van der Waals surface area contributed by atoms with Crippen LogP contribution in [0.25, 0.3) is 0 Å². The van der Waals surface area contributed by atoms with Crippen LogP contribution >= 0.6 is 0 Å². The van der Waals surface area contributed by atoms with Crippen molar-refractivity contribution in [1.29, 1.82) is 0 Å². The van der Waals surface area contributed by atoms with Crippen molar-refractivity contribution in [2.45, 2.75) is 26.3 Å². The van der Waals surface area contributed by atoms with Gasteiger partial charge in [-0.1, -0.05) is 38.1 Å². The van der Waals surface area contributed by atoms with Crippen molar-refractivity contribution in [3.8, 4) is 0 Å². The summed E-state index contributed by atoms with van der Waals surface area (Å²) in [5.41, 5.74) is 8.11. The Labute approximate surface area is 86.5 Å². The molecule has 0 aromatic heterocycles. The average Bonchev–Trinajstić information content (AvgIpc) is 2.19. The lowest BCUT2D eigenvalue weighted by atomic mass is 10.0. The summed E-state index contributed by atoms with van der Waals surface area (Å²) in [5, 5.41) is 3.28. The molecule has 1 rings (SSSR count). The Bertz CT molecular complexity index is 252. The van der Waals surface area contributed by atoms with Gasteiger partial charge >= 0.3 is 0 Å². The highest BCUT2D eigenvalue weighted by Gasteiger charge is 1.98. The number of nitrogens with one attached hydrogen (secondary N) is 1. The van der Waals surface area contributed by atoms with Crippen LogP contribution in [0.4, 0.5) is 0 Å². The van der Waals surface area contributed by atoms with Gasteiger partial charge in [-0.15, -0.1) is 0 Å². The molecule has 0 spiro atoms. The summed E-state index contributed by atoms with van der Waals surface area (Å²) in [6, 6.07) is 8.76. The summed E-state index contributed by atoms with van der Waals surface area (Å²) in [6.45, 7) is 6.91. The minimum Gasteiger partial charge on any atom is -0.329 e. The van der Waals surface area contributed by atoms with Gasteiger partial charge in [0.15, 0.2) is 0 Å². The maximum atomic E-state index is 5.39. The molecule has 0 aliphatic heterocycles. The Morgan fingerprint density at radius 3 is 2.36 bits per heavy atom. The first-order valence-corrected chi connectivity index (χ1v) is 5.23. The third-order valence-electron chi connectivity index (χ3n) is 2.30. The molecule has 0 unspecified atom stereocenters. The molecule has 0 aliphatic rings. The summed E-state index contributed by atoms with van der Waals surface area (Å²) in [5.74, 6) is 0.612. The molecule has 3 N–H and O–H groups in total. The van der Waals surface area contributed by atoms with Crippen molar-refractivity contribution in [3.63, 3.8) is 0 Å². The van der Waals surface area contributed by atoms with E-state index >= 15 is 0 Å². The monoisotopic (exact) mass is 192 g/mol. The van der Waals surface area contributed by atoms with Crippen molar-refractivity contribution < 1.29 is 0 Å². The van der Waals surface area contributed by atoms with Gasteiger partial charge in [-0.3, -0.25) is 0 Å². The van der Waals surface area contributed by atoms with E-state index in [-0.39, 0.29) is 0 Å². The molecule has 0 radical (unpaired) electrons.